The van der Waals surface area contributed by atoms with E-state index >= 15 is 0 Å². The maximum absolute atomic E-state index is 10.8. The lowest BCUT2D eigenvalue weighted by Gasteiger charge is -2.66. The van der Waals surface area contributed by atoms with Crippen LogP contribution < -0.4 is 0 Å². The standard InChI is InChI=1S/C24H40O/c1-16(2)18-7-8-19-17-9-11-21(3)15-22(4,25)13-14-24(21,6)20(17)10-12-23(18,19)5/h17-20,25H,1,7-15H2,2-6H3/t17?,18?,19?,20?,21?,22-,23?,24?/m1/s1. The summed E-state index contributed by atoms with van der Waals surface area (Å²) in [6.45, 7) is 16.4. The van der Waals surface area contributed by atoms with E-state index in [9.17, 15) is 5.11 Å². The Balaban J connectivity index is 1.65. The van der Waals surface area contributed by atoms with Crippen molar-refractivity contribution in [3.05, 3.63) is 12.2 Å². The van der Waals surface area contributed by atoms with Crippen molar-refractivity contribution in [1.82, 2.24) is 0 Å². The summed E-state index contributed by atoms with van der Waals surface area (Å²) < 4.78 is 0. The zero-order valence-corrected chi connectivity index (χ0v) is 17.3. The van der Waals surface area contributed by atoms with Gasteiger partial charge in [0.15, 0.2) is 0 Å². The zero-order chi connectivity index (χ0) is 18.3. The van der Waals surface area contributed by atoms with Gasteiger partial charge in [0, 0.05) is 0 Å². The van der Waals surface area contributed by atoms with E-state index in [0.717, 1.165) is 36.5 Å². The fourth-order valence-electron chi connectivity index (χ4n) is 8.74. The molecule has 8 atom stereocenters. The van der Waals surface area contributed by atoms with Crippen LogP contribution in [0.1, 0.15) is 92.4 Å². The van der Waals surface area contributed by atoms with Crippen molar-refractivity contribution in [3.63, 3.8) is 0 Å². The molecule has 142 valence electrons. The Kier molecular flexibility index (Phi) is 3.88. The van der Waals surface area contributed by atoms with Crippen LogP contribution in [0.2, 0.25) is 0 Å². The molecule has 0 saturated heterocycles. The molecule has 0 spiro atoms. The average molecular weight is 345 g/mol. The molecule has 0 aromatic heterocycles. The van der Waals surface area contributed by atoms with Crippen molar-refractivity contribution in [2.45, 2.75) is 98.0 Å². The monoisotopic (exact) mass is 344 g/mol. The predicted octanol–water partition coefficient (Wildman–Crippen LogP) is 6.36. The van der Waals surface area contributed by atoms with Gasteiger partial charge in [-0.3, -0.25) is 0 Å². The zero-order valence-electron chi connectivity index (χ0n) is 17.3. The molecule has 4 rings (SSSR count). The van der Waals surface area contributed by atoms with Gasteiger partial charge in [0.1, 0.15) is 0 Å². The van der Waals surface area contributed by atoms with Crippen LogP contribution in [-0.2, 0) is 0 Å². The van der Waals surface area contributed by atoms with E-state index < -0.39 is 5.60 Å². The summed E-state index contributed by atoms with van der Waals surface area (Å²) in [4.78, 5) is 0. The lowest BCUT2D eigenvalue weighted by molar-refractivity contribution is -0.188. The summed E-state index contributed by atoms with van der Waals surface area (Å²) in [6, 6.07) is 0. The van der Waals surface area contributed by atoms with Gasteiger partial charge in [0.05, 0.1) is 5.60 Å². The summed E-state index contributed by atoms with van der Waals surface area (Å²) in [6.07, 6.45) is 11.6. The largest absolute Gasteiger partial charge is 0.390 e. The third kappa shape index (κ3) is 2.36. The lowest BCUT2D eigenvalue weighted by Crippen LogP contribution is -2.59. The van der Waals surface area contributed by atoms with Gasteiger partial charge in [-0.25, -0.2) is 0 Å². The molecule has 0 aromatic carbocycles. The van der Waals surface area contributed by atoms with Crippen LogP contribution in [0.4, 0.5) is 0 Å². The van der Waals surface area contributed by atoms with Gasteiger partial charge in [-0.1, -0.05) is 32.9 Å². The minimum atomic E-state index is -0.442. The number of aliphatic hydroxyl groups is 1. The molecule has 1 N–H and O–H groups in total. The van der Waals surface area contributed by atoms with Gasteiger partial charge in [-0.05, 0) is 112 Å². The second kappa shape index (κ2) is 5.37. The van der Waals surface area contributed by atoms with Gasteiger partial charge in [0.2, 0.25) is 0 Å². The second-order valence-electron chi connectivity index (χ2n) is 11.6. The first-order valence-electron chi connectivity index (χ1n) is 10.9. The highest BCUT2D eigenvalue weighted by atomic mass is 16.3. The van der Waals surface area contributed by atoms with E-state index in [4.69, 9.17) is 0 Å². The topological polar surface area (TPSA) is 20.2 Å². The average Bonchev–Trinajstić information content (AvgIpc) is 2.85. The first kappa shape index (κ1) is 18.1. The van der Waals surface area contributed by atoms with Crippen molar-refractivity contribution in [2.75, 3.05) is 0 Å². The van der Waals surface area contributed by atoms with Crippen LogP contribution >= 0.6 is 0 Å². The summed E-state index contributed by atoms with van der Waals surface area (Å²) in [5, 5.41) is 10.8. The SMILES string of the molecule is C=C(C)C1CCC2C3CCC4(C)C[C@](C)(O)CCC4(C)C3CCC12C. The Labute approximate surface area is 155 Å². The van der Waals surface area contributed by atoms with E-state index in [1.165, 1.54) is 50.5 Å². The van der Waals surface area contributed by atoms with Gasteiger partial charge < -0.3 is 5.11 Å². The molecule has 4 aliphatic rings. The summed E-state index contributed by atoms with van der Waals surface area (Å²) in [5.41, 5.74) is 2.26. The molecule has 4 fully saturated rings. The summed E-state index contributed by atoms with van der Waals surface area (Å²) in [5.74, 6) is 3.47. The third-order valence-corrected chi connectivity index (χ3v) is 10.2. The van der Waals surface area contributed by atoms with Gasteiger partial charge in [-0.15, -0.1) is 0 Å². The van der Waals surface area contributed by atoms with Gasteiger partial charge in [0.25, 0.3) is 0 Å². The highest BCUT2D eigenvalue weighted by Crippen LogP contribution is 2.71. The van der Waals surface area contributed by atoms with Crippen molar-refractivity contribution in [1.29, 1.82) is 0 Å². The van der Waals surface area contributed by atoms with E-state index in [1.807, 2.05) is 0 Å². The van der Waals surface area contributed by atoms with Crippen molar-refractivity contribution in [2.24, 2.45) is 39.9 Å². The fraction of sp³-hybridized carbons (Fsp3) is 0.917. The third-order valence-electron chi connectivity index (χ3n) is 10.2. The quantitative estimate of drug-likeness (QED) is 0.548. The van der Waals surface area contributed by atoms with Crippen LogP contribution in [-0.4, -0.2) is 10.7 Å². The Morgan fingerprint density at radius 1 is 0.880 bits per heavy atom. The highest BCUT2D eigenvalue weighted by Gasteiger charge is 2.64. The number of hydrogen-bond donors (Lipinski definition) is 1. The molecule has 0 amide bonds. The number of hydrogen-bond acceptors (Lipinski definition) is 1. The molecule has 7 unspecified atom stereocenters. The maximum Gasteiger partial charge on any atom is 0.0625 e. The summed E-state index contributed by atoms with van der Waals surface area (Å²) in [7, 11) is 0. The molecule has 1 heteroatoms. The fourth-order valence-corrected chi connectivity index (χ4v) is 8.74. The number of allylic oxidation sites excluding steroid dienone is 1. The molecule has 25 heavy (non-hydrogen) atoms. The Morgan fingerprint density at radius 2 is 1.60 bits per heavy atom. The van der Waals surface area contributed by atoms with Crippen LogP contribution in [0, 0.1) is 39.9 Å². The Bertz CT molecular complexity index is 577. The van der Waals surface area contributed by atoms with E-state index in [-0.39, 0.29) is 0 Å². The summed E-state index contributed by atoms with van der Waals surface area (Å²) >= 11 is 0. The maximum atomic E-state index is 10.8. The minimum absolute atomic E-state index is 0.329. The van der Waals surface area contributed by atoms with Crippen LogP contribution in [0.5, 0.6) is 0 Å². The molecule has 0 aromatic rings. The molecule has 4 aliphatic carbocycles. The number of rotatable bonds is 1. The normalized spacial score (nSPS) is 58.2. The van der Waals surface area contributed by atoms with Gasteiger partial charge >= 0.3 is 0 Å². The van der Waals surface area contributed by atoms with E-state index in [2.05, 4.69) is 41.2 Å². The van der Waals surface area contributed by atoms with Crippen molar-refractivity contribution >= 4 is 0 Å². The van der Waals surface area contributed by atoms with Gasteiger partial charge in [-0.2, -0.15) is 0 Å². The molecule has 1 nitrogen and oxygen atoms in total. The van der Waals surface area contributed by atoms with Crippen molar-refractivity contribution in [3.8, 4) is 0 Å². The number of fused-ring (bicyclic) bond motifs is 5. The van der Waals surface area contributed by atoms with Crippen LogP contribution in [0.25, 0.3) is 0 Å². The molecular weight excluding hydrogens is 304 g/mol. The first-order valence-corrected chi connectivity index (χ1v) is 10.9. The van der Waals surface area contributed by atoms with Crippen molar-refractivity contribution < 1.29 is 5.11 Å². The Hall–Kier alpha value is -0.300. The molecule has 0 radical (unpaired) electrons. The van der Waals surface area contributed by atoms with Crippen LogP contribution in [0.15, 0.2) is 12.2 Å². The van der Waals surface area contributed by atoms with Crippen LogP contribution in [0.3, 0.4) is 0 Å². The highest BCUT2D eigenvalue weighted by molar-refractivity contribution is 5.17. The molecule has 0 bridgehead atoms. The first-order chi connectivity index (χ1) is 11.5. The molecular formula is C24H40O. The van der Waals surface area contributed by atoms with E-state index in [1.54, 1.807) is 0 Å². The lowest BCUT2D eigenvalue weighted by atomic mass is 9.39. The Morgan fingerprint density at radius 3 is 2.28 bits per heavy atom. The predicted molar refractivity (Wildman–Crippen MR) is 105 cm³/mol. The second-order valence-corrected chi connectivity index (χ2v) is 11.6. The van der Waals surface area contributed by atoms with E-state index in [0.29, 0.717) is 16.2 Å². The molecule has 4 saturated carbocycles. The molecule has 0 heterocycles. The molecule has 0 aliphatic heterocycles. The minimum Gasteiger partial charge on any atom is -0.390 e. The smallest absolute Gasteiger partial charge is 0.0625 e.